The Kier molecular flexibility index (Phi) is 5.63. The first kappa shape index (κ1) is 16.1. The normalized spacial score (nSPS) is 13.4. The van der Waals surface area contributed by atoms with E-state index in [4.69, 9.17) is 9.47 Å². The topological polar surface area (TPSA) is 76.7 Å². The molecule has 0 radical (unpaired) electrons. The van der Waals surface area contributed by atoms with Gasteiger partial charge in [-0.25, -0.2) is 0 Å². The Hall–Kier alpha value is -2.24. The lowest BCUT2D eigenvalue weighted by molar-refractivity contribution is -0.126. The third-order valence-electron chi connectivity index (χ3n) is 3.48. The van der Waals surface area contributed by atoms with Crippen molar-refractivity contribution in [3.05, 3.63) is 23.8 Å². The van der Waals surface area contributed by atoms with Gasteiger partial charge in [-0.05, 0) is 37.0 Å². The van der Waals surface area contributed by atoms with Crippen molar-refractivity contribution in [1.29, 1.82) is 0 Å². The predicted molar refractivity (Wildman–Crippen MR) is 82.0 cm³/mol. The van der Waals surface area contributed by atoms with Gasteiger partial charge in [0.05, 0.1) is 20.8 Å². The average molecular weight is 306 g/mol. The second-order valence-corrected chi connectivity index (χ2v) is 5.31. The summed E-state index contributed by atoms with van der Waals surface area (Å²) in [5.41, 5.74) is 0.982. The van der Waals surface area contributed by atoms with E-state index < -0.39 is 0 Å². The van der Waals surface area contributed by atoms with E-state index in [9.17, 15) is 9.59 Å². The third kappa shape index (κ3) is 4.95. The second-order valence-electron chi connectivity index (χ2n) is 5.31. The Morgan fingerprint density at radius 2 is 1.86 bits per heavy atom. The highest BCUT2D eigenvalue weighted by Crippen LogP contribution is 2.27. The standard InChI is InChI=1S/C16H22N2O4/c1-21-13-7-3-11(9-14(13)22-2)4-8-15(19)17-10-16(20)18-12-5-6-12/h3,7,9,12H,4-6,8,10H2,1-2H3,(H,17,19)(H,18,20). The summed E-state index contributed by atoms with van der Waals surface area (Å²) in [4.78, 5) is 23.2. The van der Waals surface area contributed by atoms with Crippen LogP contribution in [0.1, 0.15) is 24.8 Å². The zero-order valence-electron chi connectivity index (χ0n) is 13.0. The molecule has 1 aliphatic rings. The van der Waals surface area contributed by atoms with Gasteiger partial charge in [-0.1, -0.05) is 6.07 Å². The van der Waals surface area contributed by atoms with Gasteiger partial charge in [0.15, 0.2) is 11.5 Å². The molecule has 0 saturated heterocycles. The minimum absolute atomic E-state index is 0.0429. The third-order valence-corrected chi connectivity index (χ3v) is 3.48. The van der Waals surface area contributed by atoms with Gasteiger partial charge in [0, 0.05) is 12.5 Å². The molecule has 2 N–H and O–H groups in total. The van der Waals surface area contributed by atoms with Crippen LogP contribution >= 0.6 is 0 Å². The van der Waals surface area contributed by atoms with E-state index in [0.29, 0.717) is 30.4 Å². The highest BCUT2D eigenvalue weighted by Gasteiger charge is 2.23. The summed E-state index contributed by atoms with van der Waals surface area (Å²) in [5.74, 6) is 1.04. The van der Waals surface area contributed by atoms with Crippen molar-refractivity contribution < 1.29 is 19.1 Å². The fourth-order valence-corrected chi connectivity index (χ4v) is 2.07. The number of carbonyl (C=O) groups excluding carboxylic acids is 2. The Morgan fingerprint density at radius 1 is 1.14 bits per heavy atom. The predicted octanol–water partition coefficient (Wildman–Crippen LogP) is 1.03. The largest absolute Gasteiger partial charge is 0.493 e. The van der Waals surface area contributed by atoms with Gasteiger partial charge < -0.3 is 20.1 Å². The Bertz CT molecular complexity index is 541. The maximum Gasteiger partial charge on any atom is 0.239 e. The summed E-state index contributed by atoms with van der Waals surface area (Å²) in [7, 11) is 3.16. The molecule has 0 aliphatic heterocycles. The van der Waals surface area contributed by atoms with Gasteiger partial charge in [-0.15, -0.1) is 0 Å². The first-order valence-electron chi connectivity index (χ1n) is 7.39. The molecule has 1 aromatic rings. The first-order valence-corrected chi connectivity index (χ1v) is 7.39. The highest BCUT2D eigenvalue weighted by molar-refractivity contribution is 5.85. The van der Waals surface area contributed by atoms with E-state index in [1.54, 1.807) is 14.2 Å². The summed E-state index contributed by atoms with van der Waals surface area (Å²) in [5, 5.41) is 5.46. The van der Waals surface area contributed by atoms with Gasteiger partial charge in [0.25, 0.3) is 0 Å². The molecule has 1 saturated carbocycles. The van der Waals surface area contributed by atoms with Crippen molar-refractivity contribution in [1.82, 2.24) is 10.6 Å². The lowest BCUT2D eigenvalue weighted by Crippen LogP contribution is -2.37. The highest BCUT2D eigenvalue weighted by atomic mass is 16.5. The van der Waals surface area contributed by atoms with E-state index in [1.807, 2.05) is 18.2 Å². The van der Waals surface area contributed by atoms with E-state index in [2.05, 4.69) is 10.6 Å². The second kappa shape index (κ2) is 7.68. The van der Waals surface area contributed by atoms with E-state index in [-0.39, 0.29) is 18.4 Å². The van der Waals surface area contributed by atoms with Crippen LogP contribution in [-0.2, 0) is 16.0 Å². The average Bonchev–Trinajstić information content (AvgIpc) is 3.34. The lowest BCUT2D eigenvalue weighted by Gasteiger charge is -2.10. The maximum atomic E-state index is 11.8. The maximum absolute atomic E-state index is 11.8. The van der Waals surface area contributed by atoms with Crippen LogP contribution in [0.2, 0.25) is 0 Å². The van der Waals surface area contributed by atoms with Gasteiger partial charge in [0.2, 0.25) is 11.8 Å². The summed E-state index contributed by atoms with van der Waals surface area (Å²) in [6, 6.07) is 5.88. The fraction of sp³-hybridized carbons (Fsp3) is 0.500. The molecule has 0 unspecified atom stereocenters. The van der Waals surface area contributed by atoms with Gasteiger partial charge in [0.1, 0.15) is 0 Å². The van der Waals surface area contributed by atoms with Crippen molar-refractivity contribution in [2.24, 2.45) is 0 Å². The van der Waals surface area contributed by atoms with Crippen LogP contribution in [0.4, 0.5) is 0 Å². The van der Waals surface area contributed by atoms with Gasteiger partial charge in [-0.3, -0.25) is 9.59 Å². The van der Waals surface area contributed by atoms with Gasteiger partial charge >= 0.3 is 0 Å². The number of carbonyl (C=O) groups is 2. The quantitative estimate of drug-likeness (QED) is 0.752. The molecule has 2 rings (SSSR count). The monoisotopic (exact) mass is 306 g/mol. The van der Waals surface area contributed by atoms with Crippen LogP contribution in [0.15, 0.2) is 18.2 Å². The van der Waals surface area contributed by atoms with Crippen LogP contribution in [0.25, 0.3) is 0 Å². The van der Waals surface area contributed by atoms with Crippen molar-refractivity contribution in [2.45, 2.75) is 31.7 Å². The number of amides is 2. The number of benzene rings is 1. The summed E-state index contributed by atoms with van der Waals surface area (Å²) in [6.07, 6.45) is 2.99. The molecule has 0 aromatic heterocycles. The number of hydrogen-bond donors (Lipinski definition) is 2. The number of rotatable bonds is 8. The number of hydrogen-bond acceptors (Lipinski definition) is 4. The van der Waals surface area contributed by atoms with E-state index in [0.717, 1.165) is 18.4 Å². The molecule has 120 valence electrons. The SMILES string of the molecule is COc1ccc(CCC(=O)NCC(=O)NC2CC2)cc1OC. The number of aryl methyl sites for hydroxylation is 1. The van der Waals surface area contributed by atoms with E-state index >= 15 is 0 Å². The Labute approximate surface area is 130 Å². The van der Waals surface area contributed by atoms with Crippen LogP contribution in [0.5, 0.6) is 11.5 Å². The number of nitrogens with one attached hydrogen (secondary N) is 2. The molecule has 0 spiro atoms. The zero-order valence-corrected chi connectivity index (χ0v) is 13.0. The molecule has 2 amide bonds. The van der Waals surface area contributed by atoms with Crippen LogP contribution in [-0.4, -0.2) is 38.6 Å². The molecule has 6 nitrogen and oxygen atoms in total. The number of methoxy groups -OCH3 is 2. The fourth-order valence-electron chi connectivity index (χ4n) is 2.07. The summed E-state index contributed by atoms with van der Waals surface area (Å²) >= 11 is 0. The molecule has 6 heteroatoms. The van der Waals surface area contributed by atoms with Gasteiger partial charge in [-0.2, -0.15) is 0 Å². The molecule has 0 bridgehead atoms. The lowest BCUT2D eigenvalue weighted by atomic mass is 10.1. The first-order chi connectivity index (χ1) is 10.6. The van der Waals surface area contributed by atoms with Crippen LogP contribution in [0.3, 0.4) is 0 Å². The smallest absolute Gasteiger partial charge is 0.239 e. The Balaban J connectivity index is 1.74. The summed E-state index contributed by atoms with van der Waals surface area (Å²) in [6.45, 7) is 0.0429. The van der Waals surface area contributed by atoms with Crippen LogP contribution < -0.4 is 20.1 Å². The molecule has 1 aromatic carbocycles. The summed E-state index contributed by atoms with van der Waals surface area (Å²) < 4.78 is 10.4. The molecular formula is C16H22N2O4. The molecule has 1 aliphatic carbocycles. The molecule has 0 atom stereocenters. The van der Waals surface area contributed by atoms with E-state index in [1.165, 1.54) is 0 Å². The van der Waals surface area contributed by atoms with Crippen molar-refractivity contribution >= 4 is 11.8 Å². The minimum Gasteiger partial charge on any atom is -0.493 e. The van der Waals surface area contributed by atoms with Crippen molar-refractivity contribution in [3.8, 4) is 11.5 Å². The molecule has 22 heavy (non-hydrogen) atoms. The Morgan fingerprint density at radius 3 is 2.50 bits per heavy atom. The molecular weight excluding hydrogens is 284 g/mol. The minimum atomic E-state index is -0.138. The van der Waals surface area contributed by atoms with Crippen molar-refractivity contribution in [2.75, 3.05) is 20.8 Å². The zero-order chi connectivity index (χ0) is 15.9. The number of ether oxygens (including phenoxy) is 2. The molecule has 1 fully saturated rings. The van der Waals surface area contributed by atoms with Crippen molar-refractivity contribution in [3.63, 3.8) is 0 Å². The van der Waals surface area contributed by atoms with Crippen LogP contribution in [0, 0.1) is 0 Å². The molecule has 0 heterocycles.